The van der Waals surface area contributed by atoms with Crippen molar-refractivity contribution in [2.24, 2.45) is 0 Å². The third-order valence-corrected chi connectivity index (χ3v) is 5.50. The lowest BCUT2D eigenvalue weighted by atomic mass is 10.1. The highest BCUT2D eigenvalue weighted by molar-refractivity contribution is 8.00. The van der Waals surface area contributed by atoms with Gasteiger partial charge in [-0.05, 0) is 37.5 Å². The lowest BCUT2D eigenvalue weighted by Crippen LogP contribution is -2.50. The zero-order valence-electron chi connectivity index (χ0n) is 16.3. The summed E-state index contributed by atoms with van der Waals surface area (Å²) in [7, 11) is 1.62. The number of nitrogens with zero attached hydrogens (tertiary/aromatic N) is 1. The van der Waals surface area contributed by atoms with Gasteiger partial charge in [0.15, 0.2) is 0 Å². The molecule has 0 saturated carbocycles. The molecule has 0 aliphatic rings. The lowest BCUT2D eigenvalue weighted by Gasteiger charge is -2.30. The zero-order chi connectivity index (χ0) is 19.6. The molecular weight excluding hydrogens is 356 g/mol. The molecule has 4 nitrogen and oxygen atoms in total. The van der Waals surface area contributed by atoms with Crippen molar-refractivity contribution in [2.75, 3.05) is 19.3 Å². The van der Waals surface area contributed by atoms with E-state index in [4.69, 9.17) is 0 Å². The maximum atomic E-state index is 13.0. The molecule has 0 bridgehead atoms. The highest BCUT2D eigenvalue weighted by atomic mass is 32.2. The SMILES string of the molecule is CC[C@H](C(=O)NC)N(CCc1ccccc1)C(=O)CSc1ccc(C)cc1. The van der Waals surface area contributed by atoms with Gasteiger partial charge in [-0.2, -0.15) is 0 Å². The molecule has 5 heteroatoms. The minimum atomic E-state index is -0.440. The summed E-state index contributed by atoms with van der Waals surface area (Å²) in [6.45, 7) is 4.51. The molecule has 0 aliphatic carbocycles. The number of hydrogen-bond acceptors (Lipinski definition) is 3. The van der Waals surface area contributed by atoms with Crippen LogP contribution in [0.5, 0.6) is 0 Å². The fourth-order valence-corrected chi connectivity index (χ4v) is 3.71. The summed E-state index contributed by atoms with van der Waals surface area (Å²) in [5.74, 6) is 0.205. The van der Waals surface area contributed by atoms with Gasteiger partial charge in [-0.1, -0.05) is 55.0 Å². The van der Waals surface area contributed by atoms with Crippen LogP contribution >= 0.6 is 11.8 Å². The van der Waals surface area contributed by atoms with E-state index < -0.39 is 6.04 Å². The Morgan fingerprint density at radius 1 is 1.07 bits per heavy atom. The lowest BCUT2D eigenvalue weighted by molar-refractivity contribution is -0.138. The van der Waals surface area contributed by atoms with Crippen LogP contribution in [0, 0.1) is 6.92 Å². The largest absolute Gasteiger partial charge is 0.357 e. The Labute approximate surface area is 166 Å². The Balaban J connectivity index is 2.07. The van der Waals surface area contributed by atoms with Crippen LogP contribution in [0.3, 0.4) is 0 Å². The molecule has 2 rings (SSSR count). The summed E-state index contributed by atoms with van der Waals surface area (Å²) < 4.78 is 0. The predicted molar refractivity (Wildman–Crippen MR) is 112 cm³/mol. The minimum absolute atomic E-state index is 0.00745. The van der Waals surface area contributed by atoms with Crippen molar-refractivity contribution in [3.05, 3.63) is 65.7 Å². The molecule has 0 unspecified atom stereocenters. The quantitative estimate of drug-likeness (QED) is 0.671. The number of carbonyl (C=O) groups is 2. The van der Waals surface area contributed by atoms with Gasteiger partial charge in [-0.3, -0.25) is 9.59 Å². The first-order valence-corrected chi connectivity index (χ1v) is 10.3. The molecule has 1 atom stereocenters. The summed E-state index contributed by atoms with van der Waals surface area (Å²) in [5.41, 5.74) is 2.36. The van der Waals surface area contributed by atoms with Crippen molar-refractivity contribution >= 4 is 23.6 Å². The molecule has 0 heterocycles. The van der Waals surface area contributed by atoms with Crippen LogP contribution in [0.15, 0.2) is 59.5 Å². The minimum Gasteiger partial charge on any atom is -0.357 e. The van der Waals surface area contributed by atoms with E-state index in [0.717, 1.165) is 16.9 Å². The molecular formula is C22H28N2O2S. The Bertz CT molecular complexity index is 732. The summed E-state index contributed by atoms with van der Waals surface area (Å²) in [4.78, 5) is 28.0. The predicted octanol–water partition coefficient (Wildman–Crippen LogP) is 3.68. The Morgan fingerprint density at radius 2 is 1.74 bits per heavy atom. The third kappa shape index (κ3) is 6.43. The Morgan fingerprint density at radius 3 is 2.33 bits per heavy atom. The molecule has 27 heavy (non-hydrogen) atoms. The van der Waals surface area contributed by atoms with Crippen molar-refractivity contribution < 1.29 is 9.59 Å². The number of thioether (sulfide) groups is 1. The fraction of sp³-hybridized carbons (Fsp3) is 0.364. The first-order chi connectivity index (χ1) is 13.0. The Kier molecular flexibility index (Phi) is 8.40. The van der Waals surface area contributed by atoms with E-state index in [-0.39, 0.29) is 11.8 Å². The van der Waals surface area contributed by atoms with Crippen molar-refractivity contribution in [1.29, 1.82) is 0 Å². The number of rotatable bonds is 9. The number of nitrogens with one attached hydrogen (secondary N) is 1. The van der Waals surface area contributed by atoms with Gasteiger partial charge in [0, 0.05) is 18.5 Å². The maximum absolute atomic E-state index is 13.0. The summed E-state index contributed by atoms with van der Waals surface area (Å²) >= 11 is 1.51. The topological polar surface area (TPSA) is 49.4 Å². The van der Waals surface area contributed by atoms with E-state index in [1.165, 1.54) is 17.3 Å². The highest BCUT2D eigenvalue weighted by Gasteiger charge is 2.27. The average molecular weight is 385 g/mol. The molecule has 0 fully saturated rings. The van der Waals surface area contributed by atoms with Crippen LogP contribution in [0.25, 0.3) is 0 Å². The molecule has 0 saturated heterocycles. The van der Waals surface area contributed by atoms with Crippen LogP contribution in [-0.4, -0.2) is 42.1 Å². The van der Waals surface area contributed by atoms with Crippen molar-refractivity contribution in [3.8, 4) is 0 Å². The number of likely N-dealkylation sites (N-methyl/N-ethyl adjacent to an activating group) is 1. The second kappa shape index (κ2) is 10.8. The summed E-state index contributed by atoms with van der Waals surface area (Å²) in [5, 5.41) is 2.69. The van der Waals surface area contributed by atoms with Crippen molar-refractivity contribution in [2.45, 2.75) is 37.6 Å². The van der Waals surface area contributed by atoms with Gasteiger partial charge in [0.1, 0.15) is 6.04 Å². The molecule has 2 amide bonds. The second-order valence-corrected chi connectivity index (χ2v) is 7.51. The number of carbonyl (C=O) groups excluding carboxylic acids is 2. The van der Waals surface area contributed by atoms with E-state index >= 15 is 0 Å². The first kappa shape index (κ1) is 21.0. The smallest absolute Gasteiger partial charge is 0.242 e. The summed E-state index contributed by atoms with van der Waals surface area (Å²) in [6, 6.07) is 17.7. The fourth-order valence-electron chi connectivity index (χ4n) is 2.92. The number of amides is 2. The van der Waals surface area contributed by atoms with Crippen LogP contribution < -0.4 is 5.32 Å². The van der Waals surface area contributed by atoms with E-state index in [1.807, 2.05) is 68.4 Å². The first-order valence-electron chi connectivity index (χ1n) is 9.29. The van der Waals surface area contributed by atoms with Gasteiger partial charge in [-0.25, -0.2) is 0 Å². The van der Waals surface area contributed by atoms with Crippen LogP contribution in [0.4, 0.5) is 0 Å². The Hall–Kier alpha value is -2.27. The average Bonchev–Trinajstić information content (AvgIpc) is 2.70. The third-order valence-electron chi connectivity index (χ3n) is 4.50. The molecule has 0 aromatic heterocycles. The van der Waals surface area contributed by atoms with Gasteiger partial charge < -0.3 is 10.2 Å². The highest BCUT2D eigenvalue weighted by Crippen LogP contribution is 2.20. The van der Waals surface area contributed by atoms with Crippen molar-refractivity contribution in [1.82, 2.24) is 10.2 Å². The van der Waals surface area contributed by atoms with E-state index in [9.17, 15) is 9.59 Å². The number of aryl methyl sites for hydroxylation is 1. The van der Waals surface area contributed by atoms with E-state index in [0.29, 0.717) is 18.7 Å². The van der Waals surface area contributed by atoms with Gasteiger partial charge in [-0.15, -0.1) is 11.8 Å². The zero-order valence-corrected chi connectivity index (χ0v) is 17.1. The molecule has 2 aromatic rings. The van der Waals surface area contributed by atoms with E-state index in [2.05, 4.69) is 5.32 Å². The molecule has 0 radical (unpaired) electrons. The second-order valence-electron chi connectivity index (χ2n) is 6.46. The van der Waals surface area contributed by atoms with Crippen LogP contribution in [0.2, 0.25) is 0 Å². The normalized spacial score (nSPS) is 11.7. The van der Waals surface area contributed by atoms with Crippen LogP contribution in [0.1, 0.15) is 24.5 Å². The molecule has 144 valence electrons. The van der Waals surface area contributed by atoms with Gasteiger partial charge in [0.2, 0.25) is 11.8 Å². The maximum Gasteiger partial charge on any atom is 0.242 e. The molecule has 0 aliphatic heterocycles. The monoisotopic (exact) mass is 384 g/mol. The van der Waals surface area contributed by atoms with Crippen LogP contribution in [-0.2, 0) is 16.0 Å². The molecule has 0 spiro atoms. The number of benzene rings is 2. The number of hydrogen-bond donors (Lipinski definition) is 1. The van der Waals surface area contributed by atoms with E-state index in [1.54, 1.807) is 11.9 Å². The molecule has 1 N–H and O–H groups in total. The standard InChI is InChI=1S/C22H28N2O2S/c1-4-20(22(26)23-3)24(15-14-18-8-6-5-7-9-18)21(25)16-27-19-12-10-17(2)11-13-19/h5-13,20H,4,14-16H2,1-3H3,(H,23,26)/t20-/m1/s1. The van der Waals surface area contributed by atoms with Gasteiger partial charge >= 0.3 is 0 Å². The van der Waals surface area contributed by atoms with Crippen molar-refractivity contribution in [3.63, 3.8) is 0 Å². The van der Waals surface area contributed by atoms with Gasteiger partial charge in [0.25, 0.3) is 0 Å². The molecule has 2 aromatic carbocycles. The summed E-state index contributed by atoms with van der Waals surface area (Å²) in [6.07, 6.45) is 1.32. The van der Waals surface area contributed by atoms with Gasteiger partial charge in [0.05, 0.1) is 5.75 Å².